The number of imidazole rings is 1. The van der Waals surface area contributed by atoms with Gasteiger partial charge >= 0.3 is 0 Å². The fourth-order valence-electron chi connectivity index (χ4n) is 2.56. The molecule has 21 heavy (non-hydrogen) atoms. The molecule has 0 aliphatic carbocycles. The molecule has 0 saturated heterocycles. The first-order valence-corrected chi connectivity index (χ1v) is 6.72. The Bertz CT molecular complexity index is 943. The third-order valence-corrected chi connectivity index (χ3v) is 3.61. The number of benzene rings is 2. The van der Waals surface area contributed by atoms with Gasteiger partial charge in [0.2, 0.25) is 5.88 Å². The van der Waals surface area contributed by atoms with Crippen LogP contribution in [0, 0.1) is 0 Å². The molecule has 2 heterocycles. The van der Waals surface area contributed by atoms with E-state index in [2.05, 4.69) is 33.2 Å². The molecule has 0 bridgehead atoms. The molecule has 0 aliphatic heterocycles. The van der Waals surface area contributed by atoms with E-state index in [0.29, 0.717) is 5.88 Å². The van der Waals surface area contributed by atoms with Gasteiger partial charge in [-0.15, -0.1) is 0 Å². The number of hydrogen-bond donors (Lipinski definition) is 1. The standard InChI is InChI=1S/C17H13N3O/c1-21-17-13(8-12-4-2-3-5-14(12)20-17)11-6-7-15-16(9-11)19-10-18-15/h2-10H,1H3,(H,18,19). The number of nitrogens with one attached hydrogen (secondary N) is 1. The summed E-state index contributed by atoms with van der Waals surface area (Å²) in [6.45, 7) is 0. The van der Waals surface area contributed by atoms with E-state index in [9.17, 15) is 0 Å². The summed E-state index contributed by atoms with van der Waals surface area (Å²) in [4.78, 5) is 12.0. The van der Waals surface area contributed by atoms with Crippen molar-refractivity contribution in [3.8, 4) is 17.0 Å². The van der Waals surface area contributed by atoms with Gasteiger partial charge in [-0.2, -0.15) is 0 Å². The van der Waals surface area contributed by atoms with Gasteiger partial charge in [-0.3, -0.25) is 0 Å². The summed E-state index contributed by atoms with van der Waals surface area (Å²) in [6.07, 6.45) is 1.70. The molecule has 0 spiro atoms. The molecule has 102 valence electrons. The van der Waals surface area contributed by atoms with E-state index >= 15 is 0 Å². The van der Waals surface area contributed by atoms with E-state index in [4.69, 9.17) is 4.74 Å². The topological polar surface area (TPSA) is 50.8 Å². The largest absolute Gasteiger partial charge is 0.481 e. The zero-order chi connectivity index (χ0) is 14.2. The smallest absolute Gasteiger partial charge is 0.221 e. The molecule has 0 atom stereocenters. The Morgan fingerprint density at radius 1 is 1.00 bits per heavy atom. The van der Waals surface area contributed by atoms with E-state index in [-0.39, 0.29) is 0 Å². The van der Waals surface area contributed by atoms with Crippen molar-refractivity contribution in [3.63, 3.8) is 0 Å². The second kappa shape index (κ2) is 4.59. The average molecular weight is 275 g/mol. The molecule has 0 unspecified atom stereocenters. The number of H-pyrrole nitrogens is 1. The Balaban J connectivity index is 1.98. The summed E-state index contributed by atoms with van der Waals surface area (Å²) in [5.74, 6) is 0.632. The van der Waals surface area contributed by atoms with Crippen LogP contribution in [0.4, 0.5) is 0 Å². The third kappa shape index (κ3) is 1.92. The molecule has 4 rings (SSSR count). The van der Waals surface area contributed by atoms with Gasteiger partial charge in [0.05, 0.1) is 30.0 Å². The lowest BCUT2D eigenvalue weighted by atomic mass is 10.0. The van der Waals surface area contributed by atoms with Crippen molar-refractivity contribution in [2.75, 3.05) is 7.11 Å². The molecule has 2 aromatic carbocycles. The van der Waals surface area contributed by atoms with Crippen molar-refractivity contribution in [1.29, 1.82) is 0 Å². The Kier molecular flexibility index (Phi) is 2.60. The molecule has 0 radical (unpaired) electrons. The molecule has 2 aromatic heterocycles. The lowest BCUT2D eigenvalue weighted by Gasteiger charge is -2.09. The van der Waals surface area contributed by atoms with Crippen molar-refractivity contribution in [1.82, 2.24) is 15.0 Å². The second-order valence-corrected chi connectivity index (χ2v) is 4.87. The van der Waals surface area contributed by atoms with Gasteiger partial charge in [0.1, 0.15) is 0 Å². The van der Waals surface area contributed by atoms with Crippen LogP contribution in [0.1, 0.15) is 0 Å². The number of methoxy groups -OCH3 is 1. The maximum atomic E-state index is 5.46. The summed E-state index contributed by atoms with van der Waals surface area (Å²) in [5.41, 5.74) is 4.92. The highest BCUT2D eigenvalue weighted by Crippen LogP contribution is 2.32. The fourth-order valence-corrected chi connectivity index (χ4v) is 2.56. The predicted molar refractivity (Wildman–Crippen MR) is 83.4 cm³/mol. The molecule has 4 nitrogen and oxygen atoms in total. The van der Waals surface area contributed by atoms with E-state index in [0.717, 1.165) is 33.1 Å². The average Bonchev–Trinajstić information content (AvgIpc) is 3.01. The highest BCUT2D eigenvalue weighted by atomic mass is 16.5. The van der Waals surface area contributed by atoms with Gasteiger partial charge in [-0.1, -0.05) is 24.3 Å². The van der Waals surface area contributed by atoms with Crippen LogP contribution >= 0.6 is 0 Å². The van der Waals surface area contributed by atoms with E-state index in [1.165, 1.54) is 0 Å². The summed E-state index contributed by atoms with van der Waals surface area (Å²) < 4.78 is 5.46. The van der Waals surface area contributed by atoms with Gasteiger partial charge < -0.3 is 9.72 Å². The summed E-state index contributed by atoms with van der Waals surface area (Å²) >= 11 is 0. The van der Waals surface area contributed by atoms with Crippen molar-refractivity contribution in [3.05, 3.63) is 54.9 Å². The highest BCUT2D eigenvalue weighted by Gasteiger charge is 2.10. The molecule has 0 fully saturated rings. The molecular formula is C17H13N3O. The zero-order valence-electron chi connectivity index (χ0n) is 11.5. The zero-order valence-corrected chi connectivity index (χ0v) is 11.5. The van der Waals surface area contributed by atoms with E-state index in [1.54, 1.807) is 13.4 Å². The summed E-state index contributed by atoms with van der Waals surface area (Å²) in [5, 5.41) is 1.10. The lowest BCUT2D eigenvalue weighted by Crippen LogP contribution is -1.93. The molecule has 1 N–H and O–H groups in total. The monoisotopic (exact) mass is 275 g/mol. The van der Waals surface area contributed by atoms with Gasteiger partial charge in [0, 0.05) is 10.9 Å². The van der Waals surface area contributed by atoms with Gasteiger partial charge in [0.25, 0.3) is 0 Å². The Morgan fingerprint density at radius 2 is 1.90 bits per heavy atom. The highest BCUT2D eigenvalue weighted by molar-refractivity contribution is 5.89. The third-order valence-electron chi connectivity index (χ3n) is 3.61. The van der Waals surface area contributed by atoms with E-state index in [1.807, 2.05) is 30.3 Å². The van der Waals surface area contributed by atoms with Crippen molar-refractivity contribution < 1.29 is 4.74 Å². The SMILES string of the molecule is COc1nc2ccccc2cc1-c1ccc2nc[nH]c2c1. The predicted octanol–water partition coefficient (Wildman–Crippen LogP) is 3.79. The van der Waals surface area contributed by atoms with Gasteiger partial charge in [-0.25, -0.2) is 9.97 Å². The summed E-state index contributed by atoms with van der Waals surface area (Å²) in [6, 6.07) is 16.2. The second-order valence-electron chi connectivity index (χ2n) is 4.87. The van der Waals surface area contributed by atoms with Crippen LogP contribution in [0.2, 0.25) is 0 Å². The molecule has 0 amide bonds. The Morgan fingerprint density at radius 3 is 2.81 bits per heavy atom. The minimum atomic E-state index is 0.632. The fraction of sp³-hybridized carbons (Fsp3) is 0.0588. The number of nitrogens with zero attached hydrogens (tertiary/aromatic N) is 2. The number of aromatic amines is 1. The van der Waals surface area contributed by atoms with Gasteiger partial charge in [0.15, 0.2) is 0 Å². The number of aromatic nitrogens is 3. The number of fused-ring (bicyclic) bond motifs is 2. The summed E-state index contributed by atoms with van der Waals surface area (Å²) in [7, 11) is 1.65. The van der Waals surface area contributed by atoms with Crippen molar-refractivity contribution in [2.24, 2.45) is 0 Å². The number of hydrogen-bond acceptors (Lipinski definition) is 3. The number of rotatable bonds is 2. The van der Waals surface area contributed by atoms with Crippen LogP contribution < -0.4 is 4.74 Å². The molecule has 4 heteroatoms. The molecule has 0 aliphatic rings. The number of para-hydroxylation sites is 1. The van der Waals surface area contributed by atoms with Crippen LogP contribution in [-0.4, -0.2) is 22.1 Å². The minimum Gasteiger partial charge on any atom is -0.481 e. The van der Waals surface area contributed by atoms with Crippen molar-refractivity contribution in [2.45, 2.75) is 0 Å². The van der Waals surface area contributed by atoms with Crippen molar-refractivity contribution >= 4 is 21.9 Å². The van der Waals surface area contributed by atoms with Crippen LogP contribution in [-0.2, 0) is 0 Å². The minimum absolute atomic E-state index is 0.632. The van der Waals surface area contributed by atoms with Crippen LogP contribution in [0.25, 0.3) is 33.1 Å². The Labute approximate surface area is 121 Å². The quantitative estimate of drug-likeness (QED) is 0.605. The maximum Gasteiger partial charge on any atom is 0.221 e. The van der Waals surface area contributed by atoms with Crippen LogP contribution in [0.3, 0.4) is 0 Å². The molecule has 4 aromatic rings. The van der Waals surface area contributed by atoms with E-state index < -0.39 is 0 Å². The van der Waals surface area contributed by atoms with Crippen LogP contribution in [0.15, 0.2) is 54.9 Å². The van der Waals surface area contributed by atoms with Crippen LogP contribution in [0.5, 0.6) is 5.88 Å². The lowest BCUT2D eigenvalue weighted by molar-refractivity contribution is 0.401. The normalized spacial score (nSPS) is 11.1. The first-order chi connectivity index (χ1) is 10.3. The first-order valence-electron chi connectivity index (χ1n) is 6.72. The molecule has 0 saturated carbocycles. The Hall–Kier alpha value is -2.88. The number of ether oxygens (including phenoxy) is 1. The maximum absolute atomic E-state index is 5.46. The first kappa shape index (κ1) is 11.9. The number of pyridine rings is 1. The molecular weight excluding hydrogens is 262 g/mol. The van der Waals surface area contributed by atoms with Gasteiger partial charge in [-0.05, 0) is 29.8 Å².